The zero-order valence-corrected chi connectivity index (χ0v) is 17.1. The standard InChI is InChI=1S/C21H23N5O2S/c1-26(2)8-7-24-20(27)21(28)25-15-9-14(12-22)19(23)16(11-15)18-10-13-5-3-4-6-17(13)29-18/h3-6,9-12,22H,7-8,23H2,1-2H3,(H,24,27)(H,25,28). The Kier molecular flexibility index (Phi) is 6.26. The van der Waals surface area contributed by atoms with Crippen LogP contribution < -0.4 is 16.4 Å². The van der Waals surface area contributed by atoms with E-state index in [0.717, 1.165) is 26.7 Å². The van der Waals surface area contributed by atoms with Crippen LogP contribution in [0, 0.1) is 5.41 Å². The molecule has 0 aliphatic rings. The van der Waals surface area contributed by atoms with Crippen molar-refractivity contribution in [2.45, 2.75) is 0 Å². The molecule has 2 amide bonds. The molecule has 0 spiro atoms. The fourth-order valence-electron chi connectivity index (χ4n) is 2.85. The van der Waals surface area contributed by atoms with Gasteiger partial charge in [0, 0.05) is 51.4 Å². The number of nitrogens with zero attached hydrogens (tertiary/aromatic N) is 1. The average molecular weight is 410 g/mol. The van der Waals surface area contributed by atoms with Crippen LogP contribution in [0.3, 0.4) is 0 Å². The second-order valence-electron chi connectivity index (χ2n) is 6.83. The lowest BCUT2D eigenvalue weighted by Gasteiger charge is -2.13. The molecule has 0 atom stereocenters. The second kappa shape index (κ2) is 8.85. The van der Waals surface area contributed by atoms with Crippen molar-refractivity contribution in [2.75, 3.05) is 38.2 Å². The van der Waals surface area contributed by atoms with Gasteiger partial charge in [0.2, 0.25) is 0 Å². The molecule has 0 fully saturated rings. The summed E-state index contributed by atoms with van der Waals surface area (Å²) >= 11 is 1.58. The third kappa shape index (κ3) is 4.79. The van der Waals surface area contributed by atoms with Gasteiger partial charge < -0.3 is 26.7 Å². The largest absolute Gasteiger partial charge is 0.398 e. The van der Waals surface area contributed by atoms with Crippen LogP contribution in [0.5, 0.6) is 0 Å². The number of carbonyl (C=O) groups is 2. The summed E-state index contributed by atoms with van der Waals surface area (Å²) in [4.78, 5) is 27.1. The predicted molar refractivity (Wildman–Crippen MR) is 120 cm³/mol. The quantitative estimate of drug-likeness (QED) is 0.285. The van der Waals surface area contributed by atoms with Crippen molar-refractivity contribution >= 4 is 50.8 Å². The molecule has 0 unspecified atom stereocenters. The molecule has 0 bridgehead atoms. The van der Waals surface area contributed by atoms with Crippen molar-refractivity contribution in [3.05, 3.63) is 48.0 Å². The van der Waals surface area contributed by atoms with Crippen LogP contribution in [0.25, 0.3) is 20.5 Å². The smallest absolute Gasteiger partial charge is 0.313 e. The second-order valence-corrected chi connectivity index (χ2v) is 7.92. The Morgan fingerprint density at radius 3 is 2.62 bits per heavy atom. The summed E-state index contributed by atoms with van der Waals surface area (Å²) < 4.78 is 1.12. The molecule has 3 aromatic rings. The first-order chi connectivity index (χ1) is 13.9. The molecule has 8 heteroatoms. The van der Waals surface area contributed by atoms with Gasteiger partial charge in [-0.05, 0) is 43.7 Å². The van der Waals surface area contributed by atoms with E-state index in [4.69, 9.17) is 11.1 Å². The van der Waals surface area contributed by atoms with Crippen LogP contribution in [0.2, 0.25) is 0 Å². The van der Waals surface area contributed by atoms with Gasteiger partial charge in [-0.2, -0.15) is 0 Å². The van der Waals surface area contributed by atoms with E-state index in [0.29, 0.717) is 30.0 Å². The number of likely N-dealkylation sites (N-methyl/N-ethyl adjacent to an activating group) is 1. The topological polar surface area (TPSA) is 111 Å². The van der Waals surface area contributed by atoms with Crippen molar-refractivity contribution in [1.29, 1.82) is 5.41 Å². The molecule has 150 valence electrons. The minimum atomic E-state index is -0.758. The van der Waals surface area contributed by atoms with Gasteiger partial charge in [0.25, 0.3) is 0 Å². The number of nitrogens with two attached hydrogens (primary N) is 1. The molecule has 3 rings (SSSR count). The van der Waals surface area contributed by atoms with Gasteiger partial charge in [0.05, 0.1) is 0 Å². The van der Waals surface area contributed by atoms with Gasteiger partial charge >= 0.3 is 11.8 Å². The van der Waals surface area contributed by atoms with E-state index in [1.54, 1.807) is 23.5 Å². The van der Waals surface area contributed by atoms with Crippen LogP contribution in [0.4, 0.5) is 11.4 Å². The van der Waals surface area contributed by atoms with E-state index in [9.17, 15) is 9.59 Å². The number of nitrogens with one attached hydrogen (secondary N) is 3. The van der Waals surface area contributed by atoms with Gasteiger partial charge in [-0.1, -0.05) is 18.2 Å². The third-order valence-corrected chi connectivity index (χ3v) is 5.52. The van der Waals surface area contributed by atoms with Crippen LogP contribution in [0.1, 0.15) is 5.56 Å². The van der Waals surface area contributed by atoms with E-state index in [-0.39, 0.29) is 0 Å². The molecular formula is C21H23N5O2S. The first-order valence-corrected chi connectivity index (χ1v) is 9.87. The summed E-state index contributed by atoms with van der Waals surface area (Å²) in [6.45, 7) is 1.01. The number of carbonyl (C=O) groups excluding carboxylic acids is 2. The monoisotopic (exact) mass is 409 g/mol. The SMILES string of the molecule is CN(C)CCNC(=O)C(=O)Nc1cc(C=N)c(N)c(-c2cc3ccccc3s2)c1. The predicted octanol–water partition coefficient (Wildman–Crippen LogP) is 2.76. The van der Waals surface area contributed by atoms with Crippen LogP contribution in [-0.4, -0.2) is 50.1 Å². The molecule has 0 saturated heterocycles. The number of hydrogen-bond donors (Lipinski definition) is 4. The number of hydrogen-bond acceptors (Lipinski definition) is 6. The number of thiophene rings is 1. The number of fused-ring (bicyclic) bond motifs is 1. The van der Waals surface area contributed by atoms with Gasteiger partial charge in [0.15, 0.2) is 0 Å². The van der Waals surface area contributed by atoms with Crippen molar-refractivity contribution in [3.8, 4) is 10.4 Å². The molecule has 1 aromatic heterocycles. The van der Waals surface area contributed by atoms with E-state index in [2.05, 4.69) is 10.6 Å². The van der Waals surface area contributed by atoms with Gasteiger partial charge in [-0.3, -0.25) is 9.59 Å². The summed E-state index contributed by atoms with van der Waals surface area (Å²) in [5.74, 6) is -1.46. The zero-order chi connectivity index (χ0) is 21.0. The number of rotatable bonds is 6. The average Bonchev–Trinajstić information content (AvgIpc) is 3.12. The molecule has 7 nitrogen and oxygen atoms in total. The maximum absolute atomic E-state index is 12.2. The Labute approximate surface area is 173 Å². The van der Waals surface area contributed by atoms with Crippen molar-refractivity contribution in [1.82, 2.24) is 10.2 Å². The first-order valence-electron chi connectivity index (χ1n) is 9.06. The van der Waals surface area contributed by atoms with E-state index >= 15 is 0 Å². The molecule has 0 saturated carbocycles. The Morgan fingerprint density at radius 2 is 1.93 bits per heavy atom. The minimum Gasteiger partial charge on any atom is -0.398 e. The molecule has 0 aliphatic carbocycles. The van der Waals surface area contributed by atoms with Crippen molar-refractivity contribution in [2.24, 2.45) is 0 Å². The lowest BCUT2D eigenvalue weighted by Crippen LogP contribution is -2.38. The van der Waals surface area contributed by atoms with Gasteiger partial charge in [-0.15, -0.1) is 11.3 Å². The molecule has 0 aliphatic heterocycles. The number of nitrogen functional groups attached to an aromatic ring is 1. The van der Waals surface area contributed by atoms with Gasteiger partial charge in [-0.25, -0.2) is 0 Å². The molecular weight excluding hydrogens is 386 g/mol. The van der Waals surface area contributed by atoms with Crippen LogP contribution >= 0.6 is 11.3 Å². The molecule has 2 aromatic carbocycles. The summed E-state index contributed by atoms with van der Waals surface area (Å²) in [6.07, 6.45) is 1.14. The summed E-state index contributed by atoms with van der Waals surface area (Å²) in [5, 5.41) is 13.9. The van der Waals surface area contributed by atoms with Crippen LogP contribution in [0.15, 0.2) is 42.5 Å². The summed E-state index contributed by atoms with van der Waals surface area (Å²) in [5.41, 5.74) is 8.33. The minimum absolute atomic E-state index is 0.375. The Bertz CT molecular complexity index is 1040. The normalized spacial score (nSPS) is 10.9. The Balaban J connectivity index is 1.86. The highest BCUT2D eigenvalue weighted by Crippen LogP contribution is 2.38. The Hall–Kier alpha value is -3.23. The maximum Gasteiger partial charge on any atom is 0.313 e. The van der Waals surface area contributed by atoms with E-state index in [1.165, 1.54) is 0 Å². The highest BCUT2D eigenvalue weighted by molar-refractivity contribution is 7.22. The fourth-order valence-corrected chi connectivity index (χ4v) is 3.94. The molecule has 29 heavy (non-hydrogen) atoms. The third-order valence-electron chi connectivity index (χ3n) is 4.37. The molecule has 1 heterocycles. The number of amides is 2. The maximum atomic E-state index is 12.2. The zero-order valence-electron chi connectivity index (χ0n) is 16.3. The van der Waals surface area contributed by atoms with Crippen molar-refractivity contribution < 1.29 is 9.59 Å². The number of benzene rings is 2. The van der Waals surface area contributed by atoms with Gasteiger partial charge in [0.1, 0.15) is 0 Å². The summed E-state index contributed by atoms with van der Waals surface area (Å²) in [6, 6.07) is 13.3. The molecule has 5 N–H and O–H groups in total. The lowest BCUT2D eigenvalue weighted by atomic mass is 10.0. The fraction of sp³-hybridized carbons (Fsp3) is 0.190. The van der Waals surface area contributed by atoms with Crippen LogP contribution in [-0.2, 0) is 9.59 Å². The number of anilines is 2. The highest BCUT2D eigenvalue weighted by Gasteiger charge is 2.16. The first kappa shape index (κ1) is 20.5. The van der Waals surface area contributed by atoms with E-state index < -0.39 is 11.8 Å². The highest BCUT2D eigenvalue weighted by atomic mass is 32.1. The molecule has 0 radical (unpaired) electrons. The van der Waals surface area contributed by atoms with E-state index in [1.807, 2.05) is 49.3 Å². The summed E-state index contributed by atoms with van der Waals surface area (Å²) in [7, 11) is 3.77. The lowest BCUT2D eigenvalue weighted by molar-refractivity contribution is -0.136. The Morgan fingerprint density at radius 1 is 1.17 bits per heavy atom. The van der Waals surface area contributed by atoms with Crippen molar-refractivity contribution in [3.63, 3.8) is 0 Å².